The average Bonchev–Trinajstić information content (AvgIpc) is 3.32. The Morgan fingerprint density at radius 1 is 1.29 bits per heavy atom. The van der Waals surface area contributed by atoms with E-state index in [0.717, 1.165) is 40.3 Å². The molecule has 5 heteroatoms. The first-order chi connectivity index (χ1) is 10.2. The van der Waals surface area contributed by atoms with Gasteiger partial charge in [-0.1, -0.05) is 34.5 Å². The van der Waals surface area contributed by atoms with Crippen molar-refractivity contribution in [1.29, 1.82) is 0 Å². The van der Waals surface area contributed by atoms with E-state index in [1.54, 1.807) is 0 Å². The molecule has 0 amide bonds. The van der Waals surface area contributed by atoms with E-state index in [-0.39, 0.29) is 0 Å². The van der Waals surface area contributed by atoms with Gasteiger partial charge in [-0.2, -0.15) is 0 Å². The Labute approximate surface area is 138 Å². The highest BCUT2D eigenvalue weighted by atomic mass is 79.9. The molecule has 2 aromatic rings. The van der Waals surface area contributed by atoms with E-state index in [9.17, 15) is 0 Å². The first-order valence-electron chi connectivity index (χ1n) is 7.25. The van der Waals surface area contributed by atoms with Crippen LogP contribution in [0.4, 0.5) is 5.82 Å². The lowest BCUT2D eigenvalue weighted by Gasteiger charge is -2.10. The third kappa shape index (κ3) is 3.55. The number of hydrogen-bond acceptors (Lipinski definition) is 3. The Morgan fingerprint density at radius 3 is 2.81 bits per heavy atom. The first kappa shape index (κ1) is 14.8. The van der Waals surface area contributed by atoms with Crippen molar-refractivity contribution in [2.24, 2.45) is 0 Å². The molecule has 1 heterocycles. The van der Waals surface area contributed by atoms with Crippen molar-refractivity contribution in [3.05, 3.63) is 39.5 Å². The van der Waals surface area contributed by atoms with Crippen molar-refractivity contribution >= 4 is 33.3 Å². The molecule has 0 bridgehead atoms. The summed E-state index contributed by atoms with van der Waals surface area (Å²) in [5.41, 5.74) is 2.06. The molecule has 1 aliphatic rings. The zero-order valence-electron chi connectivity index (χ0n) is 11.9. The second-order valence-electron chi connectivity index (χ2n) is 5.33. The number of anilines is 1. The predicted molar refractivity (Wildman–Crippen MR) is 90.9 cm³/mol. The molecule has 1 N–H and O–H groups in total. The molecular weight excluding hydrogens is 350 g/mol. The van der Waals surface area contributed by atoms with Gasteiger partial charge in [-0.05, 0) is 37.5 Å². The van der Waals surface area contributed by atoms with Crippen LogP contribution in [0.5, 0.6) is 0 Å². The predicted octanol–water partition coefficient (Wildman–Crippen LogP) is 5.26. The number of rotatable bonds is 5. The van der Waals surface area contributed by atoms with Gasteiger partial charge in [-0.3, -0.25) is 0 Å². The Morgan fingerprint density at radius 2 is 2.10 bits per heavy atom. The van der Waals surface area contributed by atoms with Crippen molar-refractivity contribution in [2.75, 3.05) is 11.9 Å². The smallest absolute Gasteiger partial charge is 0.162 e. The van der Waals surface area contributed by atoms with Gasteiger partial charge >= 0.3 is 0 Å². The van der Waals surface area contributed by atoms with Crippen LogP contribution in [0.3, 0.4) is 0 Å². The maximum absolute atomic E-state index is 6.11. The van der Waals surface area contributed by atoms with Crippen molar-refractivity contribution in [3.63, 3.8) is 0 Å². The molecule has 1 aromatic carbocycles. The zero-order valence-corrected chi connectivity index (χ0v) is 14.2. The van der Waals surface area contributed by atoms with Crippen LogP contribution in [0.15, 0.2) is 28.7 Å². The second kappa shape index (κ2) is 6.32. The van der Waals surface area contributed by atoms with E-state index in [0.29, 0.717) is 10.9 Å². The summed E-state index contributed by atoms with van der Waals surface area (Å²) in [6.07, 6.45) is 3.51. The van der Waals surface area contributed by atoms with E-state index in [4.69, 9.17) is 16.6 Å². The Balaban J connectivity index is 2.03. The van der Waals surface area contributed by atoms with Gasteiger partial charge in [-0.25, -0.2) is 9.97 Å². The van der Waals surface area contributed by atoms with Crippen LogP contribution in [0.1, 0.15) is 37.8 Å². The van der Waals surface area contributed by atoms with Crippen molar-refractivity contribution in [3.8, 4) is 11.4 Å². The molecule has 0 saturated heterocycles. The topological polar surface area (TPSA) is 37.8 Å². The van der Waals surface area contributed by atoms with Crippen LogP contribution in [0, 0.1) is 0 Å². The lowest BCUT2D eigenvalue weighted by Crippen LogP contribution is -2.05. The van der Waals surface area contributed by atoms with E-state index >= 15 is 0 Å². The second-order valence-corrected chi connectivity index (χ2v) is 6.62. The minimum Gasteiger partial charge on any atom is -0.370 e. The summed E-state index contributed by atoms with van der Waals surface area (Å²) in [5, 5.41) is 4.05. The molecule has 0 radical (unpaired) electrons. The van der Waals surface area contributed by atoms with Gasteiger partial charge in [0.05, 0.1) is 0 Å². The third-order valence-electron chi connectivity index (χ3n) is 3.47. The lowest BCUT2D eigenvalue weighted by molar-refractivity contribution is 0.948. The zero-order chi connectivity index (χ0) is 14.8. The summed E-state index contributed by atoms with van der Waals surface area (Å²) in [5.74, 6) is 2.22. The number of nitrogens with one attached hydrogen (secondary N) is 1. The summed E-state index contributed by atoms with van der Waals surface area (Å²) in [6.45, 7) is 3.06. The van der Waals surface area contributed by atoms with Gasteiger partial charge in [0.2, 0.25) is 0 Å². The molecule has 1 fully saturated rings. The van der Waals surface area contributed by atoms with Gasteiger partial charge in [-0.15, -0.1) is 0 Å². The molecule has 0 spiro atoms. The normalized spacial score (nSPS) is 14.2. The van der Waals surface area contributed by atoms with E-state index in [2.05, 4.69) is 39.2 Å². The highest BCUT2D eigenvalue weighted by molar-refractivity contribution is 9.10. The first-order valence-corrected chi connectivity index (χ1v) is 8.42. The van der Waals surface area contributed by atoms with Crippen molar-refractivity contribution in [1.82, 2.24) is 9.97 Å². The largest absolute Gasteiger partial charge is 0.370 e. The highest BCUT2D eigenvalue weighted by Crippen LogP contribution is 2.40. The number of benzene rings is 1. The van der Waals surface area contributed by atoms with Gasteiger partial charge in [0, 0.05) is 39.3 Å². The molecule has 21 heavy (non-hydrogen) atoms. The minimum atomic E-state index is 0.590. The summed E-state index contributed by atoms with van der Waals surface area (Å²) in [6, 6.07) is 7.77. The molecule has 0 aliphatic heterocycles. The van der Waals surface area contributed by atoms with Crippen LogP contribution in [0.2, 0.25) is 5.02 Å². The van der Waals surface area contributed by atoms with Crippen LogP contribution >= 0.6 is 27.5 Å². The molecular formula is C16H17BrClN3. The quantitative estimate of drug-likeness (QED) is 0.784. The van der Waals surface area contributed by atoms with Gasteiger partial charge in [0.15, 0.2) is 5.82 Å². The van der Waals surface area contributed by atoms with Crippen LogP contribution in [0.25, 0.3) is 11.4 Å². The standard InChI is InChI=1S/C16H17BrClN3/c1-2-7-19-15-9-14(10-3-4-10)20-16(21-15)12-8-11(18)5-6-13(12)17/h5-6,8-10H,2-4,7H2,1H3,(H,19,20,21). The fraction of sp³-hybridized carbons (Fsp3) is 0.375. The summed E-state index contributed by atoms with van der Waals surface area (Å²) >= 11 is 9.68. The molecule has 1 saturated carbocycles. The molecule has 1 aromatic heterocycles. The van der Waals surface area contributed by atoms with E-state index in [1.165, 1.54) is 12.8 Å². The monoisotopic (exact) mass is 365 g/mol. The summed E-state index contributed by atoms with van der Waals surface area (Å²) < 4.78 is 0.960. The average molecular weight is 367 g/mol. The Kier molecular flexibility index (Phi) is 4.45. The number of halogens is 2. The van der Waals surface area contributed by atoms with Crippen LogP contribution in [-0.2, 0) is 0 Å². The molecule has 0 unspecified atom stereocenters. The SMILES string of the molecule is CCCNc1cc(C2CC2)nc(-c2cc(Cl)ccc2Br)n1. The molecule has 0 atom stereocenters. The minimum absolute atomic E-state index is 0.590. The maximum atomic E-state index is 6.11. The number of aromatic nitrogens is 2. The maximum Gasteiger partial charge on any atom is 0.162 e. The van der Waals surface area contributed by atoms with E-state index < -0.39 is 0 Å². The van der Waals surface area contributed by atoms with Crippen LogP contribution < -0.4 is 5.32 Å². The molecule has 3 rings (SSSR count). The van der Waals surface area contributed by atoms with Crippen molar-refractivity contribution < 1.29 is 0 Å². The number of nitrogens with zero attached hydrogens (tertiary/aromatic N) is 2. The van der Waals surface area contributed by atoms with E-state index in [1.807, 2.05) is 18.2 Å². The van der Waals surface area contributed by atoms with Crippen molar-refractivity contribution in [2.45, 2.75) is 32.1 Å². The van der Waals surface area contributed by atoms with Gasteiger partial charge in [0.25, 0.3) is 0 Å². The third-order valence-corrected chi connectivity index (χ3v) is 4.39. The fourth-order valence-electron chi connectivity index (χ4n) is 2.19. The number of hydrogen-bond donors (Lipinski definition) is 1. The Hall–Kier alpha value is -1.13. The summed E-state index contributed by atoms with van der Waals surface area (Å²) in [4.78, 5) is 9.38. The van der Waals surface area contributed by atoms with Gasteiger partial charge < -0.3 is 5.32 Å². The molecule has 110 valence electrons. The fourth-order valence-corrected chi connectivity index (χ4v) is 2.78. The van der Waals surface area contributed by atoms with Gasteiger partial charge in [0.1, 0.15) is 5.82 Å². The van der Waals surface area contributed by atoms with Crippen LogP contribution in [-0.4, -0.2) is 16.5 Å². The highest BCUT2D eigenvalue weighted by Gasteiger charge is 2.26. The summed E-state index contributed by atoms with van der Waals surface area (Å²) in [7, 11) is 0. The molecule has 3 nitrogen and oxygen atoms in total. The lowest BCUT2D eigenvalue weighted by atomic mass is 10.2. The molecule has 1 aliphatic carbocycles. The Bertz CT molecular complexity index is 656.